The second-order valence-corrected chi connectivity index (χ2v) is 2.38. The monoisotopic (exact) mass is 150 g/mol. The lowest BCUT2D eigenvalue weighted by atomic mass is 10.1. The summed E-state index contributed by atoms with van der Waals surface area (Å²) in [6.07, 6.45) is 3.96. The Morgan fingerprint density at radius 1 is 1.44 bits per heavy atom. The van der Waals surface area contributed by atoms with Crippen LogP contribution in [0.25, 0.3) is 0 Å². The van der Waals surface area contributed by atoms with E-state index in [1.165, 1.54) is 25.8 Å². The van der Waals surface area contributed by atoms with Gasteiger partial charge in [-0.2, -0.15) is 0 Å². The third-order valence-corrected chi connectivity index (χ3v) is 1.70. The normalized spacial score (nSPS) is 27.0. The van der Waals surface area contributed by atoms with Crippen molar-refractivity contribution in [1.82, 2.24) is 5.32 Å². The molecule has 0 aliphatic carbocycles. The second-order valence-electron chi connectivity index (χ2n) is 2.38. The summed E-state index contributed by atoms with van der Waals surface area (Å²) in [6.45, 7) is 1.97. The average Bonchev–Trinajstić information content (AvgIpc) is 1.90. The Hall–Kier alpha value is 0.210. The van der Waals surface area contributed by atoms with E-state index in [1.807, 2.05) is 0 Å². The lowest BCUT2D eigenvalue weighted by Gasteiger charge is -2.21. The van der Waals surface area contributed by atoms with Crippen molar-refractivity contribution in [3.05, 3.63) is 0 Å². The first kappa shape index (κ1) is 9.21. The summed E-state index contributed by atoms with van der Waals surface area (Å²) < 4.78 is 0. The van der Waals surface area contributed by atoms with E-state index in [1.54, 1.807) is 0 Å². The van der Waals surface area contributed by atoms with Gasteiger partial charge in [-0.3, -0.25) is 0 Å². The fourth-order valence-electron chi connectivity index (χ4n) is 1.13. The molecule has 1 heterocycles. The van der Waals surface area contributed by atoms with Gasteiger partial charge in [-0.25, -0.2) is 0 Å². The van der Waals surface area contributed by atoms with E-state index in [-0.39, 0.29) is 12.4 Å². The number of hydrogen-bond acceptors (Lipinski definition) is 2. The predicted octanol–water partition coefficient (Wildman–Crippen LogP) is 0.509. The van der Waals surface area contributed by atoms with E-state index in [0.29, 0.717) is 6.04 Å². The van der Waals surface area contributed by atoms with E-state index in [2.05, 4.69) is 5.32 Å². The molecule has 1 atom stereocenters. The Morgan fingerprint density at radius 3 is 2.56 bits per heavy atom. The first-order valence-electron chi connectivity index (χ1n) is 3.37. The highest BCUT2D eigenvalue weighted by Gasteiger charge is 2.08. The van der Waals surface area contributed by atoms with Crippen LogP contribution in [0.15, 0.2) is 0 Å². The summed E-state index contributed by atoms with van der Waals surface area (Å²) in [7, 11) is 0. The summed E-state index contributed by atoms with van der Waals surface area (Å²) in [5, 5.41) is 3.34. The van der Waals surface area contributed by atoms with Crippen LogP contribution < -0.4 is 11.1 Å². The van der Waals surface area contributed by atoms with Crippen LogP contribution in [0.2, 0.25) is 0 Å². The Morgan fingerprint density at radius 2 is 2.22 bits per heavy atom. The average molecular weight is 151 g/mol. The topological polar surface area (TPSA) is 38.0 Å². The van der Waals surface area contributed by atoms with Gasteiger partial charge >= 0.3 is 0 Å². The van der Waals surface area contributed by atoms with Crippen molar-refractivity contribution in [2.45, 2.75) is 25.3 Å². The first-order chi connectivity index (χ1) is 3.93. The Balaban J connectivity index is 0.000000640. The molecule has 0 spiro atoms. The molecular weight excluding hydrogens is 136 g/mol. The number of halogens is 1. The summed E-state index contributed by atoms with van der Waals surface area (Å²) >= 11 is 0. The minimum atomic E-state index is 0. The van der Waals surface area contributed by atoms with Crippen LogP contribution in [-0.2, 0) is 0 Å². The summed E-state index contributed by atoms with van der Waals surface area (Å²) in [6, 6.07) is 0.615. The number of rotatable bonds is 1. The van der Waals surface area contributed by atoms with Crippen LogP contribution in [0.1, 0.15) is 19.3 Å². The number of piperidine rings is 1. The largest absolute Gasteiger partial charge is 0.329 e. The highest BCUT2D eigenvalue weighted by Crippen LogP contribution is 2.04. The maximum atomic E-state index is 5.44. The van der Waals surface area contributed by atoms with E-state index < -0.39 is 0 Å². The van der Waals surface area contributed by atoms with Crippen molar-refractivity contribution in [3.63, 3.8) is 0 Å². The summed E-state index contributed by atoms with van der Waals surface area (Å²) in [4.78, 5) is 0. The molecule has 9 heavy (non-hydrogen) atoms. The molecule has 0 amide bonds. The molecule has 0 aromatic carbocycles. The van der Waals surface area contributed by atoms with Crippen molar-refractivity contribution in [3.8, 4) is 0 Å². The SMILES string of the molecule is Cl.NC[C@@H]1CCCCN1. The van der Waals surface area contributed by atoms with Crippen LogP contribution in [0, 0.1) is 0 Å². The molecule has 0 aromatic heterocycles. The molecule has 56 valence electrons. The zero-order valence-corrected chi connectivity index (χ0v) is 6.41. The molecule has 0 bridgehead atoms. The Bertz CT molecular complexity index is 62.1. The molecule has 2 nitrogen and oxygen atoms in total. The van der Waals surface area contributed by atoms with E-state index in [4.69, 9.17) is 5.73 Å². The minimum Gasteiger partial charge on any atom is -0.329 e. The highest BCUT2D eigenvalue weighted by molar-refractivity contribution is 5.85. The molecule has 1 aliphatic heterocycles. The highest BCUT2D eigenvalue weighted by atomic mass is 35.5. The molecule has 0 aromatic rings. The number of hydrogen-bond donors (Lipinski definition) is 2. The van der Waals surface area contributed by atoms with Crippen LogP contribution >= 0.6 is 12.4 Å². The zero-order chi connectivity index (χ0) is 5.82. The van der Waals surface area contributed by atoms with Gasteiger partial charge in [0.25, 0.3) is 0 Å². The molecule has 3 heteroatoms. The molecule has 1 saturated heterocycles. The summed E-state index contributed by atoms with van der Waals surface area (Å²) in [5.41, 5.74) is 5.44. The van der Waals surface area contributed by atoms with Gasteiger partial charge in [0.15, 0.2) is 0 Å². The summed E-state index contributed by atoms with van der Waals surface area (Å²) in [5.74, 6) is 0. The fourth-order valence-corrected chi connectivity index (χ4v) is 1.13. The quantitative estimate of drug-likeness (QED) is 0.572. The number of nitrogens with one attached hydrogen (secondary N) is 1. The van der Waals surface area contributed by atoms with Crippen molar-refractivity contribution in [2.24, 2.45) is 5.73 Å². The minimum absolute atomic E-state index is 0. The Kier molecular flexibility index (Phi) is 5.15. The van der Waals surface area contributed by atoms with Crippen LogP contribution in [0.3, 0.4) is 0 Å². The van der Waals surface area contributed by atoms with Gasteiger partial charge in [-0.05, 0) is 19.4 Å². The van der Waals surface area contributed by atoms with Gasteiger partial charge in [0.2, 0.25) is 0 Å². The first-order valence-corrected chi connectivity index (χ1v) is 3.37. The van der Waals surface area contributed by atoms with Crippen LogP contribution in [0.4, 0.5) is 0 Å². The maximum absolute atomic E-state index is 5.44. The fraction of sp³-hybridized carbons (Fsp3) is 1.00. The predicted molar refractivity (Wildman–Crippen MR) is 41.9 cm³/mol. The smallest absolute Gasteiger partial charge is 0.0190 e. The van der Waals surface area contributed by atoms with Crippen molar-refractivity contribution < 1.29 is 0 Å². The molecule has 0 saturated carbocycles. The molecule has 1 aliphatic rings. The number of nitrogens with two attached hydrogens (primary N) is 1. The van der Waals surface area contributed by atoms with E-state index in [9.17, 15) is 0 Å². The van der Waals surface area contributed by atoms with Gasteiger partial charge in [0.1, 0.15) is 0 Å². The van der Waals surface area contributed by atoms with Gasteiger partial charge in [-0.1, -0.05) is 6.42 Å². The van der Waals surface area contributed by atoms with Crippen LogP contribution in [-0.4, -0.2) is 19.1 Å². The van der Waals surface area contributed by atoms with Crippen LogP contribution in [0.5, 0.6) is 0 Å². The standard InChI is InChI=1S/C6H14N2.ClH/c7-5-6-3-1-2-4-8-6;/h6,8H,1-5,7H2;1H/t6-;/m0./s1. The zero-order valence-electron chi connectivity index (χ0n) is 5.60. The lowest BCUT2D eigenvalue weighted by molar-refractivity contribution is 0.407. The van der Waals surface area contributed by atoms with Gasteiger partial charge in [0, 0.05) is 12.6 Å². The third-order valence-electron chi connectivity index (χ3n) is 1.70. The van der Waals surface area contributed by atoms with Gasteiger partial charge < -0.3 is 11.1 Å². The molecule has 1 rings (SSSR count). The van der Waals surface area contributed by atoms with Gasteiger partial charge in [-0.15, -0.1) is 12.4 Å². The lowest BCUT2D eigenvalue weighted by Crippen LogP contribution is -2.39. The van der Waals surface area contributed by atoms with E-state index in [0.717, 1.165) is 6.54 Å². The van der Waals surface area contributed by atoms with Crippen molar-refractivity contribution >= 4 is 12.4 Å². The molecular formula is C6H15ClN2. The van der Waals surface area contributed by atoms with Gasteiger partial charge in [0.05, 0.1) is 0 Å². The molecule has 0 radical (unpaired) electrons. The molecule has 3 N–H and O–H groups in total. The van der Waals surface area contributed by atoms with Crippen molar-refractivity contribution in [1.29, 1.82) is 0 Å². The van der Waals surface area contributed by atoms with E-state index >= 15 is 0 Å². The molecule has 0 unspecified atom stereocenters. The van der Waals surface area contributed by atoms with Crippen molar-refractivity contribution in [2.75, 3.05) is 13.1 Å². The maximum Gasteiger partial charge on any atom is 0.0190 e. The Labute approximate surface area is 62.6 Å². The third kappa shape index (κ3) is 3.04. The second kappa shape index (κ2) is 5.03. The molecule has 1 fully saturated rings.